The second kappa shape index (κ2) is 5.14. The molecule has 1 aromatic carbocycles. The Hall–Kier alpha value is -1.95. The van der Waals surface area contributed by atoms with Gasteiger partial charge in [-0.3, -0.25) is 20.3 Å². The first-order valence-electron chi connectivity index (χ1n) is 5.86. The van der Waals surface area contributed by atoms with E-state index in [9.17, 15) is 14.9 Å². The Bertz CT molecular complexity index is 471. The minimum atomic E-state index is -0.460. The van der Waals surface area contributed by atoms with Crippen LogP contribution in [-0.2, 0) is 4.79 Å². The Labute approximate surface area is 104 Å². The number of nitro groups is 1. The molecule has 1 aliphatic carbocycles. The molecule has 0 bridgehead atoms. The Morgan fingerprint density at radius 2 is 2.28 bits per heavy atom. The first kappa shape index (κ1) is 12.5. The number of nitrogens with two attached hydrogens (primary N) is 1. The average Bonchev–Trinajstić information content (AvgIpc) is 3.19. The van der Waals surface area contributed by atoms with E-state index >= 15 is 0 Å². The normalized spacial score (nSPS) is 16.1. The fourth-order valence-electron chi connectivity index (χ4n) is 2.04. The number of hydrogen-bond acceptors (Lipinski definition) is 4. The lowest BCUT2D eigenvalue weighted by atomic mass is 9.92. The van der Waals surface area contributed by atoms with Crippen molar-refractivity contribution in [2.75, 3.05) is 0 Å². The molecular formula is C12H15N3O3. The van der Waals surface area contributed by atoms with Crippen molar-refractivity contribution < 1.29 is 9.72 Å². The predicted octanol–water partition coefficient (Wildman–Crippen LogP) is 1.47. The Morgan fingerprint density at radius 1 is 1.56 bits per heavy atom. The van der Waals surface area contributed by atoms with Crippen LogP contribution in [0.1, 0.15) is 30.7 Å². The third-order valence-corrected chi connectivity index (χ3v) is 3.21. The van der Waals surface area contributed by atoms with Crippen molar-refractivity contribution in [2.24, 2.45) is 11.8 Å². The summed E-state index contributed by atoms with van der Waals surface area (Å²) in [5.41, 5.74) is 2.79. The number of nitrogens with one attached hydrogen (secondary N) is 1. The lowest BCUT2D eigenvalue weighted by Crippen LogP contribution is -2.35. The van der Waals surface area contributed by atoms with E-state index in [0.717, 1.165) is 12.8 Å². The molecule has 1 fully saturated rings. The third kappa shape index (κ3) is 2.84. The van der Waals surface area contributed by atoms with Crippen LogP contribution in [0, 0.1) is 16.0 Å². The molecule has 0 aliphatic heterocycles. The SMILES string of the molecule is NNC(=O)C(CC1CC1)c1cccc([N+](=O)[O-])c1. The van der Waals surface area contributed by atoms with Gasteiger partial charge in [0.15, 0.2) is 0 Å². The van der Waals surface area contributed by atoms with Gasteiger partial charge in [0.25, 0.3) is 5.69 Å². The van der Waals surface area contributed by atoms with Gasteiger partial charge in [0, 0.05) is 12.1 Å². The summed E-state index contributed by atoms with van der Waals surface area (Å²) in [5.74, 6) is 5.01. The van der Waals surface area contributed by atoms with Gasteiger partial charge in [-0.15, -0.1) is 0 Å². The summed E-state index contributed by atoms with van der Waals surface area (Å²) in [6.45, 7) is 0. The minimum absolute atomic E-state index is 0.00174. The first-order chi connectivity index (χ1) is 8.61. The van der Waals surface area contributed by atoms with Gasteiger partial charge in [-0.2, -0.15) is 0 Å². The fraction of sp³-hybridized carbons (Fsp3) is 0.417. The van der Waals surface area contributed by atoms with E-state index in [-0.39, 0.29) is 11.6 Å². The van der Waals surface area contributed by atoms with Crippen LogP contribution in [-0.4, -0.2) is 10.8 Å². The molecule has 1 atom stereocenters. The van der Waals surface area contributed by atoms with Crippen molar-refractivity contribution in [1.29, 1.82) is 0 Å². The van der Waals surface area contributed by atoms with E-state index in [1.54, 1.807) is 12.1 Å². The van der Waals surface area contributed by atoms with Crippen molar-refractivity contribution in [3.8, 4) is 0 Å². The zero-order valence-corrected chi connectivity index (χ0v) is 9.83. The number of nitrogens with zero attached hydrogens (tertiary/aromatic N) is 1. The number of carbonyl (C=O) groups is 1. The molecule has 0 saturated heterocycles. The van der Waals surface area contributed by atoms with Crippen LogP contribution in [0.2, 0.25) is 0 Å². The number of hydrazine groups is 1. The number of rotatable bonds is 5. The molecule has 96 valence electrons. The largest absolute Gasteiger partial charge is 0.294 e. The van der Waals surface area contributed by atoms with Gasteiger partial charge >= 0.3 is 0 Å². The van der Waals surface area contributed by atoms with Gasteiger partial charge < -0.3 is 0 Å². The van der Waals surface area contributed by atoms with E-state index in [1.807, 2.05) is 0 Å². The Morgan fingerprint density at radius 3 is 2.83 bits per heavy atom. The predicted molar refractivity (Wildman–Crippen MR) is 65.5 cm³/mol. The number of hydrogen-bond donors (Lipinski definition) is 2. The smallest absolute Gasteiger partial charge is 0.269 e. The number of nitro benzene ring substituents is 1. The molecule has 0 radical (unpaired) electrons. The maximum Gasteiger partial charge on any atom is 0.269 e. The zero-order chi connectivity index (χ0) is 13.1. The van der Waals surface area contributed by atoms with Crippen molar-refractivity contribution >= 4 is 11.6 Å². The summed E-state index contributed by atoms with van der Waals surface area (Å²) >= 11 is 0. The van der Waals surface area contributed by atoms with E-state index in [4.69, 9.17) is 5.84 Å². The van der Waals surface area contributed by atoms with Crippen LogP contribution in [0.4, 0.5) is 5.69 Å². The van der Waals surface area contributed by atoms with Crippen LogP contribution in [0.15, 0.2) is 24.3 Å². The van der Waals surface area contributed by atoms with Crippen molar-refractivity contribution in [1.82, 2.24) is 5.43 Å². The highest BCUT2D eigenvalue weighted by Crippen LogP contribution is 2.39. The highest BCUT2D eigenvalue weighted by atomic mass is 16.6. The van der Waals surface area contributed by atoms with Crippen LogP contribution < -0.4 is 11.3 Å². The molecule has 6 heteroatoms. The number of carbonyl (C=O) groups excluding carboxylic acids is 1. The summed E-state index contributed by atoms with van der Waals surface area (Å²) in [6, 6.07) is 6.19. The summed E-state index contributed by atoms with van der Waals surface area (Å²) < 4.78 is 0. The molecular weight excluding hydrogens is 234 g/mol. The summed E-state index contributed by atoms with van der Waals surface area (Å²) in [6.07, 6.45) is 2.93. The van der Waals surface area contributed by atoms with E-state index in [0.29, 0.717) is 17.9 Å². The highest BCUT2D eigenvalue weighted by molar-refractivity contribution is 5.83. The maximum absolute atomic E-state index is 11.8. The van der Waals surface area contributed by atoms with Gasteiger partial charge in [0.2, 0.25) is 5.91 Å². The van der Waals surface area contributed by atoms with Crippen LogP contribution in [0.25, 0.3) is 0 Å². The Balaban J connectivity index is 2.25. The molecule has 1 amide bonds. The molecule has 0 spiro atoms. The van der Waals surface area contributed by atoms with Gasteiger partial charge in [-0.05, 0) is 17.9 Å². The monoisotopic (exact) mass is 249 g/mol. The molecule has 1 aliphatic rings. The fourth-order valence-corrected chi connectivity index (χ4v) is 2.04. The number of amides is 1. The molecule has 6 nitrogen and oxygen atoms in total. The minimum Gasteiger partial charge on any atom is -0.294 e. The van der Waals surface area contributed by atoms with Crippen LogP contribution in [0.3, 0.4) is 0 Å². The highest BCUT2D eigenvalue weighted by Gasteiger charge is 2.30. The molecule has 18 heavy (non-hydrogen) atoms. The third-order valence-electron chi connectivity index (χ3n) is 3.21. The quantitative estimate of drug-likeness (QED) is 0.357. The number of benzene rings is 1. The zero-order valence-electron chi connectivity index (χ0n) is 9.83. The average molecular weight is 249 g/mol. The van der Waals surface area contributed by atoms with E-state index in [2.05, 4.69) is 5.43 Å². The molecule has 1 unspecified atom stereocenters. The van der Waals surface area contributed by atoms with Gasteiger partial charge in [-0.1, -0.05) is 25.0 Å². The first-order valence-corrected chi connectivity index (χ1v) is 5.86. The van der Waals surface area contributed by atoms with Crippen LogP contribution >= 0.6 is 0 Å². The van der Waals surface area contributed by atoms with Gasteiger partial charge in [0.05, 0.1) is 10.8 Å². The lowest BCUT2D eigenvalue weighted by Gasteiger charge is -2.15. The summed E-state index contributed by atoms with van der Waals surface area (Å²) in [4.78, 5) is 22.0. The second-order valence-electron chi connectivity index (χ2n) is 4.59. The maximum atomic E-state index is 11.8. The molecule has 0 heterocycles. The summed E-state index contributed by atoms with van der Waals surface area (Å²) in [5, 5.41) is 10.7. The molecule has 3 N–H and O–H groups in total. The Kier molecular flexibility index (Phi) is 3.57. The molecule has 1 saturated carbocycles. The van der Waals surface area contributed by atoms with Crippen molar-refractivity contribution in [2.45, 2.75) is 25.2 Å². The molecule has 1 aromatic rings. The number of non-ortho nitro benzene ring substituents is 1. The van der Waals surface area contributed by atoms with E-state index in [1.165, 1.54) is 12.1 Å². The van der Waals surface area contributed by atoms with Crippen LogP contribution in [0.5, 0.6) is 0 Å². The van der Waals surface area contributed by atoms with Gasteiger partial charge in [-0.25, -0.2) is 5.84 Å². The van der Waals surface area contributed by atoms with E-state index < -0.39 is 10.8 Å². The van der Waals surface area contributed by atoms with Gasteiger partial charge in [0.1, 0.15) is 0 Å². The molecule has 2 rings (SSSR count). The summed E-state index contributed by atoms with van der Waals surface area (Å²) in [7, 11) is 0. The van der Waals surface area contributed by atoms with Crippen molar-refractivity contribution in [3.05, 3.63) is 39.9 Å². The lowest BCUT2D eigenvalue weighted by molar-refractivity contribution is -0.384. The van der Waals surface area contributed by atoms with Crippen molar-refractivity contribution in [3.63, 3.8) is 0 Å². The second-order valence-corrected chi connectivity index (χ2v) is 4.59. The molecule has 0 aromatic heterocycles. The topological polar surface area (TPSA) is 98.3 Å². The standard InChI is InChI=1S/C12H15N3O3/c13-14-12(16)11(6-8-4-5-8)9-2-1-3-10(7-9)15(17)18/h1-3,7-8,11H,4-6,13H2,(H,14,16).